The molecule has 3 fully saturated rings. The number of piperidine rings is 1. The predicted molar refractivity (Wildman–Crippen MR) is 163 cm³/mol. The fourth-order valence-corrected chi connectivity index (χ4v) is 6.93. The van der Waals surface area contributed by atoms with Crippen LogP contribution in [0, 0.1) is 11.8 Å². The highest BCUT2D eigenvalue weighted by Crippen LogP contribution is 2.28. The number of Topliss-reactive ketones (excluding diaryl/α,β-unsaturated/α-hetero) is 1. The maximum Gasteiger partial charge on any atom is 0.289 e. The predicted octanol–water partition coefficient (Wildman–Crippen LogP) is 3.66. The maximum absolute atomic E-state index is 13.9. The molecule has 2 aliphatic carbocycles. The molecule has 1 aromatic heterocycles. The lowest BCUT2D eigenvalue weighted by Crippen LogP contribution is -2.56. The summed E-state index contributed by atoms with van der Waals surface area (Å²) < 4.78 is 0. The summed E-state index contributed by atoms with van der Waals surface area (Å²) in [4.78, 5) is 69.6. The molecule has 2 saturated carbocycles. The highest BCUT2D eigenvalue weighted by Gasteiger charge is 2.36. The Labute approximate surface area is 252 Å². The Bertz CT molecular complexity index is 1280. The second-order valence-electron chi connectivity index (χ2n) is 12.6. The van der Waals surface area contributed by atoms with Crippen molar-refractivity contribution in [3.05, 3.63) is 36.0 Å². The number of carbonyl (C=O) groups is 5. The van der Waals surface area contributed by atoms with Gasteiger partial charge in [-0.25, -0.2) is 0 Å². The van der Waals surface area contributed by atoms with E-state index >= 15 is 0 Å². The van der Waals surface area contributed by atoms with Crippen LogP contribution in [-0.2, 0) is 19.2 Å². The Morgan fingerprint density at radius 1 is 0.814 bits per heavy atom. The minimum absolute atomic E-state index is 0.0423. The largest absolute Gasteiger partial charge is 0.356 e. The van der Waals surface area contributed by atoms with Crippen molar-refractivity contribution in [1.29, 1.82) is 0 Å². The van der Waals surface area contributed by atoms with E-state index in [1.54, 1.807) is 6.07 Å². The van der Waals surface area contributed by atoms with Gasteiger partial charge in [0.2, 0.25) is 17.6 Å². The van der Waals surface area contributed by atoms with Crippen LogP contribution in [0.2, 0.25) is 0 Å². The number of aromatic amines is 1. The van der Waals surface area contributed by atoms with Gasteiger partial charge in [0, 0.05) is 29.4 Å². The van der Waals surface area contributed by atoms with Gasteiger partial charge in [-0.05, 0) is 56.6 Å². The first kappa shape index (κ1) is 30.8. The van der Waals surface area contributed by atoms with Crippen molar-refractivity contribution in [3.8, 4) is 0 Å². The zero-order valence-electron chi connectivity index (χ0n) is 24.9. The Hall–Kier alpha value is -3.69. The van der Waals surface area contributed by atoms with Gasteiger partial charge in [-0.3, -0.25) is 24.0 Å². The fraction of sp³-hybridized carbons (Fsp3) is 0.606. The highest BCUT2D eigenvalue weighted by molar-refractivity contribution is 6.38. The number of amides is 4. The SMILES string of the molecule is O=C(NC1CCCCC1)C(=O)[C@H](C[C@@H]1CCCNC1=O)NC(=O)[C@H](CC1CCCCC1)NC(=O)c1cc2ccccc2[nH]1. The van der Waals surface area contributed by atoms with E-state index in [4.69, 9.17) is 0 Å². The molecule has 1 saturated heterocycles. The fourth-order valence-electron chi connectivity index (χ4n) is 6.93. The Kier molecular flexibility index (Phi) is 10.5. The zero-order valence-corrected chi connectivity index (χ0v) is 24.9. The molecule has 4 amide bonds. The standard InChI is InChI=1S/C33H45N5O5/c39-29(33(43)35-24-14-5-2-6-15-24)26(20-23-13-9-17-34-30(23)40)37-31(41)27(18-21-10-3-1-4-11-21)38-32(42)28-19-22-12-7-8-16-25(22)36-28/h7-8,12,16,19,21,23-24,26-27,36H,1-6,9-11,13-15,17-18,20H2,(H,34,40)(H,35,43)(H,37,41)(H,38,42)/t23-,26-,27-/m0/s1. The number of benzene rings is 1. The van der Waals surface area contributed by atoms with Crippen molar-refractivity contribution in [3.63, 3.8) is 0 Å². The smallest absolute Gasteiger partial charge is 0.289 e. The normalized spacial score (nSPS) is 21.4. The zero-order chi connectivity index (χ0) is 30.2. The molecule has 2 heterocycles. The van der Waals surface area contributed by atoms with Crippen LogP contribution >= 0.6 is 0 Å². The van der Waals surface area contributed by atoms with Crippen LogP contribution in [0.1, 0.15) is 100 Å². The second kappa shape index (κ2) is 14.7. The number of ketones is 1. The number of H-pyrrole nitrogens is 1. The molecule has 5 N–H and O–H groups in total. The van der Waals surface area contributed by atoms with Gasteiger partial charge in [-0.1, -0.05) is 69.6 Å². The summed E-state index contributed by atoms with van der Waals surface area (Å²) in [5.41, 5.74) is 1.17. The van der Waals surface area contributed by atoms with E-state index in [1.807, 2.05) is 24.3 Å². The van der Waals surface area contributed by atoms with E-state index in [0.717, 1.165) is 81.5 Å². The lowest BCUT2D eigenvalue weighted by molar-refractivity contribution is -0.141. The van der Waals surface area contributed by atoms with Gasteiger partial charge in [0.15, 0.2) is 0 Å². The Morgan fingerprint density at radius 3 is 2.26 bits per heavy atom. The van der Waals surface area contributed by atoms with E-state index in [2.05, 4.69) is 26.3 Å². The number of aromatic nitrogens is 1. The van der Waals surface area contributed by atoms with Crippen LogP contribution in [0.25, 0.3) is 10.9 Å². The van der Waals surface area contributed by atoms with Crippen molar-refractivity contribution in [2.45, 2.75) is 108 Å². The third-order valence-corrected chi connectivity index (χ3v) is 9.41. The number of nitrogens with one attached hydrogen (secondary N) is 5. The summed E-state index contributed by atoms with van der Waals surface area (Å²) >= 11 is 0. The molecule has 1 aromatic carbocycles. The molecule has 3 atom stereocenters. The minimum atomic E-state index is -1.16. The highest BCUT2D eigenvalue weighted by atomic mass is 16.2. The van der Waals surface area contributed by atoms with Gasteiger partial charge < -0.3 is 26.3 Å². The van der Waals surface area contributed by atoms with Crippen LogP contribution in [0.3, 0.4) is 0 Å². The first-order valence-corrected chi connectivity index (χ1v) is 16.2. The number of hydrogen-bond acceptors (Lipinski definition) is 5. The number of fused-ring (bicyclic) bond motifs is 1. The molecular formula is C33H45N5O5. The van der Waals surface area contributed by atoms with Gasteiger partial charge in [-0.2, -0.15) is 0 Å². The summed E-state index contributed by atoms with van der Waals surface area (Å²) in [6, 6.07) is 7.21. The van der Waals surface area contributed by atoms with E-state index < -0.39 is 41.5 Å². The van der Waals surface area contributed by atoms with E-state index in [-0.39, 0.29) is 24.3 Å². The average molecular weight is 592 g/mol. The van der Waals surface area contributed by atoms with E-state index in [9.17, 15) is 24.0 Å². The number of rotatable bonds is 11. The quantitative estimate of drug-likeness (QED) is 0.253. The van der Waals surface area contributed by atoms with Crippen molar-refractivity contribution in [1.82, 2.24) is 26.3 Å². The van der Waals surface area contributed by atoms with Crippen LogP contribution in [0.5, 0.6) is 0 Å². The van der Waals surface area contributed by atoms with Crippen LogP contribution in [-0.4, -0.2) is 59.1 Å². The molecule has 232 valence electrons. The number of carbonyl (C=O) groups excluding carboxylic acids is 5. The minimum Gasteiger partial charge on any atom is -0.356 e. The summed E-state index contributed by atoms with van der Waals surface area (Å²) in [6.07, 6.45) is 11.9. The summed E-state index contributed by atoms with van der Waals surface area (Å²) in [5, 5.41) is 12.3. The van der Waals surface area contributed by atoms with Gasteiger partial charge in [0.05, 0.1) is 6.04 Å². The molecule has 2 aromatic rings. The molecule has 10 nitrogen and oxygen atoms in total. The van der Waals surface area contributed by atoms with Gasteiger partial charge >= 0.3 is 0 Å². The molecule has 0 unspecified atom stereocenters. The lowest BCUT2D eigenvalue weighted by atomic mass is 9.84. The Morgan fingerprint density at radius 2 is 1.53 bits per heavy atom. The maximum atomic E-state index is 13.9. The summed E-state index contributed by atoms with van der Waals surface area (Å²) in [5.74, 6) is -2.76. The topological polar surface area (TPSA) is 149 Å². The van der Waals surface area contributed by atoms with Crippen molar-refractivity contribution >= 4 is 40.3 Å². The number of hydrogen-bond donors (Lipinski definition) is 5. The second-order valence-corrected chi connectivity index (χ2v) is 12.6. The van der Waals surface area contributed by atoms with Crippen molar-refractivity contribution in [2.24, 2.45) is 11.8 Å². The van der Waals surface area contributed by atoms with Gasteiger partial charge in [0.1, 0.15) is 11.7 Å². The summed E-state index contributed by atoms with van der Waals surface area (Å²) in [7, 11) is 0. The monoisotopic (exact) mass is 591 g/mol. The molecule has 10 heteroatoms. The van der Waals surface area contributed by atoms with Crippen LogP contribution < -0.4 is 21.3 Å². The molecule has 0 radical (unpaired) electrons. The van der Waals surface area contributed by atoms with Gasteiger partial charge in [0.25, 0.3) is 11.8 Å². The average Bonchev–Trinajstić information content (AvgIpc) is 3.47. The molecule has 3 aliphatic rings. The first-order valence-electron chi connectivity index (χ1n) is 16.2. The molecule has 1 aliphatic heterocycles. The van der Waals surface area contributed by atoms with Crippen molar-refractivity contribution in [2.75, 3.05) is 6.54 Å². The molecule has 5 rings (SSSR count). The van der Waals surface area contributed by atoms with E-state index in [1.165, 1.54) is 0 Å². The molecule has 43 heavy (non-hydrogen) atoms. The van der Waals surface area contributed by atoms with Crippen LogP contribution in [0.4, 0.5) is 0 Å². The lowest BCUT2D eigenvalue weighted by Gasteiger charge is -2.30. The third-order valence-electron chi connectivity index (χ3n) is 9.41. The first-order chi connectivity index (χ1) is 20.9. The van der Waals surface area contributed by atoms with Crippen molar-refractivity contribution < 1.29 is 24.0 Å². The van der Waals surface area contributed by atoms with E-state index in [0.29, 0.717) is 25.1 Å². The summed E-state index contributed by atoms with van der Waals surface area (Å²) in [6.45, 7) is 0.575. The van der Waals surface area contributed by atoms with Crippen LogP contribution in [0.15, 0.2) is 30.3 Å². The van der Waals surface area contributed by atoms with Gasteiger partial charge in [-0.15, -0.1) is 0 Å². The molecule has 0 bridgehead atoms. The third kappa shape index (κ3) is 8.24. The Balaban J connectivity index is 1.33. The molecular weight excluding hydrogens is 546 g/mol. The number of para-hydroxylation sites is 1. The molecule has 0 spiro atoms.